The molecule has 0 radical (unpaired) electrons. The van der Waals surface area contributed by atoms with Gasteiger partial charge in [0.2, 0.25) is 0 Å². The molecule has 0 spiro atoms. The first-order valence-corrected chi connectivity index (χ1v) is 12.3. The van der Waals surface area contributed by atoms with Gasteiger partial charge in [-0.25, -0.2) is 9.07 Å². The van der Waals surface area contributed by atoms with Gasteiger partial charge in [-0.15, -0.1) is 5.10 Å². The summed E-state index contributed by atoms with van der Waals surface area (Å²) in [6, 6.07) is 12.8. The number of hydrogen-bond acceptors (Lipinski definition) is 6. The first kappa shape index (κ1) is 24.0. The number of aromatic nitrogens is 4. The molecule has 1 unspecified atom stereocenters. The van der Waals surface area contributed by atoms with Crippen molar-refractivity contribution >= 4 is 33.9 Å². The largest absolute Gasteiger partial charge is 0.383 e. The zero-order valence-corrected chi connectivity index (χ0v) is 21.1. The van der Waals surface area contributed by atoms with Crippen LogP contribution >= 0.6 is 11.6 Å². The van der Waals surface area contributed by atoms with Crippen LogP contribution in [0.25, 0.3) is 10.9 Å². The third-order valence-electron chi connectivity index (χ3n) is 6.11. The molecule has 184 valence electrons. The molecule has 0 aliphatic heterocycles. The minimum absolute atomic E-state index is 0.0424. The van der Waals surface area contributed by atoms with Gasteiger partial charge in [0.05, 0.1) is 29.5 Å². The highest BCUT2D eigenvalue weighted by Crippen LogP contribution is 2.37. The molecule has 7 nitrogen and oxygen atoms in total. The second kappa shape index (κ2) is 9.40. The van der Waals surface area contributed by atoms with Crippen molar-refractivity contribution in [3.63, 3.8) is 0 Å². The van der Waals surface area contributed by atoms with Crippen LogP contribution in [-0.2, 0) is 0 Å². The Labute approximate surface area is 214 Å². The average Bonchev–Trinajstić information content (AvgIpc) is 3.57. The molecule has 9 heteroatoms. The van der Waals surface area contributed by atoms with E-state index in [0.717, 1.165) is 18.4 Å². The first-order valence-electron chi connectivity index (χ1n) is 11.9. The summed E-state index contributed by atoms with van der Waals surface area (Å²) in [4.78, 5) is 4.22. The van der Waals surface area contributed by atoms with Crippen LogP contribution in [0.5, 0.6) is 0 Å². The van der Waals surface area contributed by atoms with Crippen molar-refractivity contribution in [2.75, 3.05) is 17.2 Å². The number of rotatable bonds is 7. The van der Waals surface area contributed by atoms with E-state index in [1.54, 1.807) is 0 Å². The van der Waals surface area contributed by atoms with Crippen LogP contribution in [-0.4, -0.2) is 26.5 Å². The number of nitrogens with one attached hydrogen (secondary N) is 2. The lowest BCUT2D eigenvalue weighted by atomic mass is 9.96. The molecular weight excluding hydrogens is 477 g/mol. The van der Waals surface area contributed by atoms with Crippen molar-refractivity contribution in [3.05, 3.63) is 76.5 Å². The fourth-order valence-corrected chi connectivity index (χ4v) is 4.34. The van der Waals surface area contributed by atoms with Crippen molar-refractivity contribution in [3.8, 4) is 6.07 Å². The summed E-state index contributed by atoms with van der Waals surface area (Å²) in [6.45, 7) is 6.87. The second-order valence-electron chi connectivity index (χ2n) is 10.4. The number of nitriles is 1. The van der Waals surface area contributed by atoms with Gasteiger partial charge >= 0.3 is 0 Å². The van der Waals surface area contributed by atoms with E-state index in [2.05, 4.69) is 52.8 Å². The lowest BCUT2D eigenvalue weighted by Crippen LogP contribution is -2.20. The Hall–Kier alpha value is -3.70. The number of pyridine rings is 1. The Kier molecular flexibility index (Phi) is 6.27. The van der Waals surface area contributed by atoms with Crippen LogP contribution < -0.4 is 10.6 Å². The van der Waals surface area contributed by atoms with Crippen LogP contribution in [0.2, 0.25) is 5.02 Å². The fourth-order valence-electron chi connectivity index (χ4n) is 4.10. The third kappa shape index (κ3) is 4.98. The normalized spacial score (nSPS) is 14.4. The first-order chi connectivity index (χ1) is 17.2. The van der Waals surface area contributed by atoms with Crippen LogP contribution in [0.3, 0.4) is 0 Å². The summed E-state index contributed by atoms with van der Waals surface area (Å²) < 4.78 is 17.2. The molecule has 2 heterocycles. The van der Waals surface area contributed by atoms with E-state index < -0.39 is 11.9 Å². The van der Waals surface area contributed by atoms with E-state index in [0.29, 0.717) is 45.6 Å². The molecule has 2 aromatic carbocycles. The van der Waals surface area contributed by atoms with Crippen LogP contribution in [0.4, 0.5) is 15.8 Å². The maximum absolute atomic E-state index is 15.3. The van der Waals surface area contributed by atoms with Crippen molar-refractivity contribution in [1.82, 2.24) is 20.0 Å². The van der Waals surface area contributed by atoms with E-state index in [4.69, 9.17) is 11.6 Å². The number of nitrogens with zero attached hydrogens (tertiary/aromatic N) is 5. The van der Waals surface area contributed by atoms with E-state index >= 15 is 4.39 Å². The van der Waals surface area contributed by atoms with Crippen LogP contribution in [0.15, 0.2) is 48.8 Å². The molecule has 1 aliphatic rings. The summed E-state index contributed by atoms with van der Waals surface area (Å²) in [5, 5.41) is 26.3. The van der Waals surface area contributed by atoms with Gasteiger partial charge in [0, 0.05) is 28.8 Å². The lowest BCUT2D eigenvalue weighted by molar-refractivity contribution is 0.443. The highest BCUT2D eigenvalue weighted by molar-refractivity contribution is 6.31. The molecule has 0 bridgehead atoms. The smallest absolute Gasteiger partial charge is 0.151 e. The van der Waals surface area contributed by atoms with Gasteiger partial charge in [0.25, 0.3) is 0 Å². The standard InChI is InChI=1S/C27H27ClFN7/c1-27(2,3)15-32-24-16(12-30)13-31-25-20(24)10-17(11-22(25)29)33-26(19-6-4-5-7-21(19)28)23-14-36(35-34-23)18-8-9-18/h4-7,10-11,13-14,18,26,33H,8-9,15H2,1-3H3,(H,31,32). The average molecular weight is 504 g/mol. The maximum atomic E-state index is 15.3. The molecule has 5 rings (SSSR count). The van der Waals surface area contributed by atoms with Gasteiger partial charge < -0.3 is 10.6 Å². The quantitative estimate of drug-likeness (QED) is 0.299. The highest BCUT2D eigenvalue weighted by Gasteiger charge is 2.28. The van der Waals surface area contributed by atoms with Gasteiger partial charge in [-0.2, -0.15) is 5.26 Å². The highest BCUT2D eigenvalue weighted by atomic mass is 35.5. The molecule has 0 saturated heterocycles. The molecule has 4 aromatic rings. The van der Waals surface area contributed by atoms with Gasteiger partial charge in [-0.3, -0.25) is 4.98 Å². The number of fused-ring (bicyclic) bond motifs is 1. The topological polar surface area (TPSA) is 91.5 Å². The van der Waals surface area contributed by atoms with E-state index in [-0.39, 0.29) is 10.9 Å². The van der Waals surface area contributed by atoms with E-state index in [1.807, 2.05) is 41.2 Å². The Bertz CT molecular complexity index is 1460. The van der Waals surface area contributed by atoms with Crippen molar-refractivity contribution in [2.24, 2.45) is 5.41 Å². The zero-order valence-electron chi connectivity index (χ0n) is 20.4. The monoisotopic (exact) mass is 503 g/mol. The molecule has 0 amide bonds. The Morgan fingerprint density at radius 3 is 2.72 bits per heavy atom. The van der Waals surface area contributed by atoms with E-state index in [9.17, 15) is 5.26 Å². The molecule has 1 atom stereocenters. The molecule has 2 aromatic heterocycles. The number of anilines is 2. The predicted octanol–water partition coefficient (Wildman–Crippen LogP) is 6.48. The summed E-state index contributed by atoms with van der Waals surface area (Å²) in [5.74, 6) is -0.488. The maximum Gasteiger partial charge on any atom is 0.151 e. The summed E-state index contributed by atoms with van der Waals surface area (Å²) in [5.41, 5.74) is 3.08. The lowest BCUT2D eigenvalue weighted by Gasteiger charge is -2.22. The SMILES string of the molecule is CC(C)(C)CNc1c(C#N)cnc2c(F)cc(NC(c3cn(C4CC4)nn3)c3ccccc3Cl)cc12. The van der Waals surface area contributed by atoms with Gasteiger partial charge in [0.1, 0.15) is 17.3 Å². The minimum Gasteiger partial charge on any atom is -0.383 e. The molecular formula is C27H27ClFN7. The Balaban J connectivity index is 1.59. The molecule has 36 heavy (non-hydrogen) atoms. The Morgan fingerprint density at radius 2 is 2.03 bits per heavy atom. The van der Waals surface area contributed by atoms with Crippen LogP contribution in [0, 0.1) is 22.6 Å². The molecule has 1 aliphatic carbocycles. The Morgan fingerprint density at radius 1 is 1.25 bits per heavy atom. The van der Waals surface area contributed by atoms with E-state index in [1.165, 1.54) is 12.3 Å². The number of benzene rings is 2. The van der Waals surface area contributed by atoms with Crippen molar-refractivity contribution in [2.45, 2.75) is 45.7 Å². The summed E-state index contributed by atoms with van der Waals surface area (Å²) >= 11 is 6.57. The summed E-state index contributed by atoms with van der Waals surface area (Å²) in [6.07, 6.45) is 5.50. The second-order valence-corrected chi connectivity index (χ2v) is 10.8. The fraction of sp³-hybridized carbons (Fsp3) is 0.333. The van der Waals surface area contributed by atoms with Gasteiger partial charge in [0.15, 0.2) is 5.82 Å². The van der Waals surface area contributed by atoms with Crippen molar-refractivity contribution in [1.29, 1.82) is 5.26 Å². The predicted molar refractivity (Wildman–Crippen MR) is 140 cm³/mol. The molecule has 1 fully saturated rings. The van der Waals surface area contributed by atoms with Crippen molar-refractivity contribution < 1.29 is 4.39 Å². The van der Waals surface area contributed by atoms with Gasteiger partial charge in [-0.05, 0) is 42.0 Å². The number of hydrogen-bond donors (Lipinski definition) is 2. The molecule has 1 saturated carbocycles. The summed E-state index contributed by atoms with van der Waals surface area (Å²) in [7, 11) is 0. The number of halogens is 2. The molecule has 2 N–H and O–H groups in total. The van der Waals surface area contributed by atoms with Gasteiger partial charge in [-0.1, -0.05) is 55.8 Å². The zero-order chi connectivity index (χ0) is 25.4. The minimum atomic E-state index is -0.488. The third-order valence-corrected chi connectivity index (χ3v) is 6.46. The van der Waals surface area contributed by atoms with Crippen LogP contribution in [0.1, 0.15) is 62.5 Å².